The third-order valence-corrected chi connectivity index (χ3v) is 3.90. The topological polar surface area (TPSA) is 119 Å². The smallest absolute Gasteiger partial charge is 0.326 e. The van der Waals surface area contributed by atoms with E-state index in [2.05, 4.69) is 5.32 Å². The Kier molecular flexibility index (Phi) is 8.65. The third-order valence-electron chi connectivity index (χ3n) is 3.11. The van der Waals surface area contributed by atoms with Gasteiger partial charge in [-0.15, -0.1) is 0 Å². The van der Waals surface area contributed by atoms with Gasteiger partial charge in [-0.1, -0.05) is 12.1 Å². The number of nitrogens with one attached hydrogen (secondary N) is 1. The van der Waals surface area contributed by atoms with Crippen molar-refractivity contribution in [1.29, 1.82) is 0 Å². The first-order chi connectivity index (χ1) is 11.8. The number of rotatable bonds is 10. The minimum atomic E-state index is -1.13. The van der Waals surface area contributed by atoms with Crippen molar-refractivity contribution in [1.82, 2.24) is 5.32 Å². The van der Waals surface area contributed by atoms with Gasteiger partial charge in [-0.25, -0.2) is 4.79 Å². The molecule has 0 saturated heterocycles. The SMILES string of the molecule is CC=CC(=O)N[C@@H](CCCOSc1cc(C)ccc1[N+](=O)[O-])C(=O)O. The average molecular weight is 368 g/mol. The highest BCUT2D eigenvalue weighted by Gasteiger charge is 2.19. The van der Waals surface area contributed by atoms with E-state index in [1.165, 1.54) is 18.2 Å². The number of nitrogens with zero attached hydrogens (tertiary/aromatic N) is 1. The molecule has 0 radical (unpaired) electrons. The predicted octanol–water partition coefficient (Wildman–Crippen LogP) is 2.85. The van der Waals surface area contributed by atoms with Gasteiger partial charge in [0, 0.05) is 18.1 Å². The molecule has 1 amide bonds. The van der Waals surface area contributed by atoms with E-state index >= 15 is 0 Å². The molecule has 0 unspecified atom stereocenters. The van der Waals surface area contributed by atoms with Gasteiger partial charge in [-0.3, -0.25) is 14.9 Å². The molecular formula is C16H20N2O6S. The van der Waals surface area contributed by atoms with Gasteiger partial charge in [0.15, 0.2) is 0 Å². The maximum atomic E-state index is 11.4. The number of allylic oxidation sites excluding steroid dienone is 1. The molecule has 0 fully saturated rings. The van der Waals surface area contributed by atoms with Gasteiger partial charge in [0.05, 0.1) is 11.5 Å². The molecule has 0 spiro atoms. The highest BCUT2D eigenvalue weighted by atomic mass is 32.2. The lowest BCUT2D eigenvalue weighted by atomic mass is 10.1. The molecule has 136 valence electrons. The Hall–Kier alpha value is -2.39. The van der Waals surface area contributed by atoms with Crippen molar-refractivity contribution in [2.75, 3.05) is 6.61 Å². The normalized spacial score (nSPS) is 12.1. The number of aliphatic carboxylic acids is 1. The van der Waals surface area contributed by atoms with Gasteiger partial charge >= 0.3 is 5.97 Å². The number of amides is 1. The van der Waals surface area contributed by atoms with Crippen LogP contribution in [0.3, 0.4) is 0 Å². The number of benzene rings is 1. The van der Waals surface area contributed by atoms with Crippen LogP contribution in [0.5, 0.6) is 0 Å². The fourth-order valence-electron chi connectivity index (χ4n) is 1.92. The molecule has 0 aliphatic rings. The summed E-state index contributed by atoms with van der Waals surface area (Å²) in [5, 5.41) is 22.4. The van der Waals surface area contributed by atoms with E-state index in [1.54, 1.807) is 19.1 Å². The van der Waals surface area contributed by atoms with E-state index in [4.69, 9.17) is 9.29 Å². The molecule has 9 heteroatoms. The lowest BCUT2D eigenvalue weighted by Crippen LogP contribution is -2.40. The molecule has 2 N–H and O–H groups in total. The highest BCUT2D eigenvalue weighted by Crippen LogP contribution is 2.30. The van der Waals surface area contributed by atoms with Gasteiger partial charge in [-0.2, -0.15) is 0 Å². The Morgan fingerprint density at radius 3 is 2.80 bits per heavy atom. The minimum absolute atomic E-state index is 0.0439. The van der Waals surface area contributed by atoms with Crippen molar-refractivity contribution in [3.05, 3.63) is 46.0 Å². The molecule has 8 nitrogen and oxygen atoms in total. The monoisotopic (exact) mass is 368 g/mol. The number of carbonyl (C=O) groups is 2. The van der Waals surface area contributed by atoms with Gasteiger partial charge < -0.3 is 14.6 Å². The summed E-state index contributed by atoms with van der Waals surface area (Å²) in [7, 11) is 0. The van der Waals surface area contributed by atoms with Gasteiger partial charge in [0.1, 0.15) is 10.9 Å². The summed E-state index contributed by atoms with van der Waals surface area (Å²) in [6.45, 7) is 3.67. The zero-order chi connectivity index (χ0) is 18.8. The fourth-order valence-corrected chi connectivity index (χ4v) is 2.71. The molecule has 1 aromatic rings. The quantitative estimate of drug-likeness (QED) is 0.214. The molecule has 0 aliphatic heterocycles. The summed E-state index contributed by atoms with van der Waals surface area (Å²) in [5.74, 6) is -1.60. The summed E-state index contributed by atoms with van der Waals surface area (Å²) in [4.78, 5) is 33.4. The van der Waals surface area contributed by atoms with Gasteiger partial charge in [0.25, 0.3) is 5.69 Å². The predicted molar refractivity (Wildman–Crippen MR) is 93.3 cm³/mol. The first-order valence-electron chi connectivity index (χ1n) is 7.55. The number of carboxylic acid groups (broad SMARTS) is 1. The van der Waals surface area contributed by atoms with Crippen LogP contribution in [0.15, 0.2) is 35.2 Å². The molecular weight excluding hydrogens is 348 g/mol. The Balaban J connectivity index is 2.47. The van der Waals surface area contributed by atoms with E-state index in [1.807, 2.05) is 6.92 Å². The fraction of sp³-hybridized carbons (Fsp3) is 0.375. The third kappa shape index (κ3) is 7.36. The van der Waals surface area contributed by atoms with Gasteiger partial charge in [0.2, 0.25) is 5.91 Å². The first-order valence-corrected chi connectivity index (χ1v) is 8.29. The maximum absolute atomic E-state index is 11.4. The number of carbonyl (C=O) groups excluding carboxylic acids is 1. The maximum Gasteiger partial charge on any atom is 0.326 e. The molecule has 1 rings (SSSR count). The lowest BCUT2D eigenvalue weighted by Gasteiger charge is -2.13. The molecule has 0 saturated carbocycles. The van der Waals surface area contributed by atoms with Crippen LogP contribution in [0.4, 0.5) is 5.69 Å². The first kappa shape index (κ1) is 20.7. The van der Waals surface area contributed by atoms with E-state index in [-0.39, 0.29) is 18.7 Å². The molecule has 0 aliphatic carbocycles. The van der Waals surface area contributed by atoms with Crippen LogP contribution in [0.2, 0.25) is 0 Å². The Bertz CT molecular complexity index is 662. The number of carboxylic acids is 1. The lowest BCUT2D eigenvalue weighted by molar-refractivity contribution is -0.387. The summed E-state index contributed by atoms with van der Waals surface area (Å²) in [6, 6.07) is 3.71. The van der Waals surface area contributed by atoms with Crippen LogP contribution in [-0.2, 0) is 13.8 Å². The van der Waals surface area contributed by atoms with Crippen LogP contribution in [-0.4, -0.2) is 34.6 Å². The molecule has 25 heavy (non-hydrogen) atoms. The van der Waals surface area contributed by atoms with Crippen molar-refractivity contribution in [2.24, 2.45) is 0 Å². The van der Waals surface area contributed by atoms with Crippen molar-refractivity contribution in [3.8, 4) is 0 Å². The number of nitro benzene ring substituents is 1. The molecule has 1 atom stereocenters. The second-order valence-corrected chi connectivity index (χ2v) is 6.02. The van der Waals surface area contributed by atoms with Crippen molar-refractivity contribution in [3.63, 3.8) is 0 Å². The largest absolute Gasteiger partial charge is 0.480 e. The summed E-state index contributed by atoms with van der Waals surface area (Å²) in [6.07, 6.45) is 3.33. The summed E-state index contributed by atoms with van der Waals surface area (Å²) >= 11 is 0.884. The van der Waals surface area contributed by atoms with Crippen LogP contribution in [0.25, 0.3) is 0 Å². The zero-order valence-corrected chi connectivity index (χ0v) is 14.7. The molecule has 1 aromatic carbocycles. The van der Waals surface area contributed by atoms with E-state index in [0.717, 1.165) is 17.6 Å². The highest BCUT2D eigenvalue weighted by molar-refractivity contribution is 7.94. The number of hydrogen-bond donors (Lipinski definition) is 2. The Labute approximate surface area is 149 Å². The van der Waals surface area contributed by atoms with Crippen LogP contribution in [0, 0.1) is 17.0 Å². The van der Waals surface area contributed by atoms with Crippen molar-refractivity contribution in [2.45, 2.75) is 37.6 Å². The van der Waals surface area contributed by atoms with E-state index in [9.17, 15) is 19.7 Å². The summed E-state index contributed by atoms with van der Waals surface area (Å²) < 4.78 is 5.34. The van der Waals surface area contributed by atoms with Crippen LogP contribution < -0.4 is 5.32 Å². The van der Waals surface area contributed by atoms with E-state index < -0.39 is 22.8 Å². The summed E-state index contributed by atoms with van der Waals surface area (Å²) in [5.41, 5.74) is 0.826. The molecule has 0 bridgehead atoms. The van der Waals surface area contributed by atoms with Crippen LogP contribution >= 0.6 is 12.0 Å². The number of hydrogen-bond acceptors (Lipinski definition) is 6. The molecule has 0 heterocycles. The minimum Gasteiger partial charge on any atom is -0.480 e. The average Bonchev–Trinajstić information content (AvgIpc) is 2.53. The number of aryl methyl sites for hydroxylation is 1. The second kappa shape index (κ2) is 10.5. The van der Waals surface area contributed by atoms with Crippen LogP contribution in [0.1, 0.15) is 25.3 Å². The second-order valence-electron chi connectivity index (χ2n) is 5.18. The molecule has 0 aromatic heterocycles. The zero-order valence-electron chi connectivity index (χ0n) is 13.9. The Morgan fingerprint density at radius 2 is 2.20 bits per heavy atom. The van der Waals surface area contributed by atoms with Crippen molar-refractivity contribution < 1.29 is 23.8 Å². The number of nitro groups is 1. The van der Waals surface area contributed by atoms with Gasteiger partial charge in [-0.05, 0) is 44.4 Å². The standard InChI is InChI=1S/C16H20N2O6S/c1-3-5-15(19)17-12(16(20)21)6-4-9-24-25-14-10-11(2)7-8-13(14)18(22)23/h3,5,7-8,10,12H,4,6,9H2,1-2H3,(H,17,19)(H,20,21)/t12-/m0/s1. The Morgan fingerprint density at radius 1 is 1.48 bits per heavy atom. The van der Waals surface area contributed by atoms with Crippen molar-refractivity contribution >= 4 is 29.6 Å². The van der Waals surface area contributed by atoms with E-state index in [0.29, 0.717) is 11.3 Å².